The van der Waals surface area contributed by atoms with Crippen LogP contribution >= 0.6 is 11.8 Å². The topological polar surface area (TPSA) is 103 Å². The second-order valence-corrected chi connectivity index (χ2v) is 4.46. The molecule has 8 nitrogen and oxygen atoms in total. The number of ether oxygens (including phenoxy) is 1. The lowest BCUT2D eigenvalue weighted by Crippen LogP contribution is -2.08. The number of hydrogen-bond acceptors (Lipinski definition) is 7. The van der Waals surface area contributed by atoms with Crippen molar-refractivity contribution in [3.05, 3.63) is 12.3 Å². The standard InChI is InChI=1S/C10H12N4O4S/c1-17-5-3-14-9(7-2-4-18-13-7)11-12-10(14)19-6-8(15)16/h2,4H,3,5-6H2,1H3,(H,15,16). The molecule has 0 aliphatic rings. The number of nitrogens with zero attached hydrogens (tertiary/aromatic N) is 4. The van der Waals surface area contributed by atoms with Crippen LogP contribution in [0, 0.1) is 0 Å². The monoisotopic (exact) mass is 284 g/mol. The minimum atomic E-state index is -0.908. The number of carboxylic acids is 1. The summed E-state index contributed by atoms with van der Waals surface area (Å²) < 4.78 is 11.6. The molecule has 0 aliphatic carbocycles. The van der Waals surface area contributed by atoms with Gasteiger partial charge in [-0.3, -0.25) is 9.36 Å². The van der Waals surface area contributed by atoms with Gasteiger partial charge in [0, 0.05) is 13.2 Å². The Kier molecular flexibility index (Phi) is 4.53. The van der Waals surface area contributed by atoms with Crippen molar-refractivity contribution in [3.63, 3.8) is 0 Å². The van der Waals surface area contributed by atoms with Crippen molar-refractivity contribution >= 4 is 17.7 Å². The van der Waals surface area contributed by atoms with Gasteiger partial charge in [-0.15, -0.1) is 10.2 Å². The third kappa shape index (κ3) is 3.32. The van der Waals surface area contributed by atoms with E-state index in [1.807, 2.05) is 0 Å². The summed E-state index contributed by atoms with van der Waals surface area (Å²) in [5.74, 6) is -0.461. The fraction of sp³-hybridized carbons (Fsp3) is 0.400. The van der Waals surface area contributed by atoms with E-state index in [2.05, 4.69) is 15.4 Å². The van der Waals surface area contributed by atoms with Gasteiger partial charge in [-0.25, -0.2) is 0 Å². The van der Waals surface area contributed by atoms with Crippen LogP contribution in [-0.2, 0) is 16.1 Å². The van der Waals surface area contributed by atoms with Crippen LogP contribution in [0.3, 0.4) is 0 Å². The number of methoxy groups -OCH3 is 1. The zero-order valence-electron chi connectivity index (χ0n) is 10.1. The van der Waals surface area contributed by atoms with Gasteiger partial charge in [0.2, 0.25) is 0 Å². The average Bonchev–Trinajstić information content (AvgIpc) is 3.02. The molecule has 0 atom stereocenters. The molecule has 9 heteroatoms. The van der Waals surface area contributed by atoms with E-state index in [1.165, 1.54) is 6.26 Å². The first kappa shape index (κ1) is 13.6. The van der Waals surface area contributed by atoms with E-state index < -0.39 is 5.97 Å². The van der Waals surface area contributed by atoms with Crippen LogP contribution in [0.25, 0.3) is 11.5 Å². The molecule has 0 aliphatic heterocycles. The Hall–Kier alpha value is -1.87. The second-order valence-electron chi connectivity index (χ2n) is 3.52. The smallest absolute Gasteiger partial charge is 0.313 e. The predicted molar refractivity (Wildman–Crippen MR) is 65.8 cm³/mol. The van der Waals surface area contributed by atoms with E-state index in [0.29, 0.717) is 29.8 Å². The van der Waals surface area contributed by atoms with Crippen LogP contribution in [0.15, 0.2) is 22.0 Å². The van der Waals surface area contributed by atoms with E-state index in [0.717, 1.165) is 11.8 Å². The molecule has 0 fully saturated rings. The van der Waals surface area contributed by atoms with Crippen molar-refractivity contribution in [1.29, 1.82) is 0 Å². The highest BCUT2D eigenvalue weighted by atomic mass is 32.2. The number of thioether (sulfide) groups is 1. The molecule has 0 saturated carbocycles. The van der Waals surface area contributed by atoms with Gasteiger partial charge in [-0.1, -0.05) is 16.9 Å². The van der Waals surface area contributed by atoms with Gasteiger partial charge in [0.1, 0.15) is 6.26 Å². The van der Waals surface area contributed by atoms with Crippen LogP contribution in [0.4, 0.5) is 0 Å². The Bertz CT molecular complexity index is 540. The highest BCUT2D eigenvalue weighted by molar-refractivity contribution is 7.99. The van der Waals surface area contributed by atoms with Crippen LogP contribution in [0.1, 0.15) is 0 Å². The molecule has 2 aromatic rings. The maximum atomic E-state index is 10.6. The molecule has 0 bridgehead atoms. The molecular weight excluding hydrogens is 272 g/mol. The Morgan fingerprint density at radius 3 is 3.05 bits per heavy atom. The predicted octanol–water partition coefficient (Wildman–Crippen LogP) is 0.756. The molecule has 1 N–H and O–H groups in total. The molecule has 19 heavy (non-hydrogen) atoms. The lowest BCUT2D eigenvalue weighted by atomic mass is 10.4. The number of aliphatic carboxylic acids is 1. The summed E-state index contributed by atoms with van der Waals surface area (Å²) in [6.07, 6.45) is 1.44. The van der Waals surface area contributed by atoms with Crippen molar-refractivity contribution in [2.24, 2.45) is 0 Å². The summed E-state index contributed by atoms with van der Waals surface area (Å²) in [4.78, 5) is 10.6. The van der Waals surface area contributed by atoms with Gasteiger partial charge in [0.15, 0.2) is 16.7 Å². The molecule has 2 aromatic heterocycles. The van der Waals surface area contributed by atoms with Crippen molar-refractivity contribution in [3.8, 4) is 11.5 Å². The average molecular weight is 284 g/mol. The normalized spacial score (nSPS) is 10.8. The maximum absolute atomic E-state index is 10.6. The summed E-state index contributed by atoms with van der Waals surface area (Å²) in [6.45, 7) is 0.969. The molecule has 0 unspecified atom stereocenters. The van der Waals surface area contributed by atoms with Gasteiger partial charge in [0.25, 0.3) is 0 Å². The summed E-state index contributed by atoms with van der Waals surface area (Å²) in [5, 5.41) is 21.0. The summed E-state index contributed by atoms with van der Waals surface area (Å²) in [6, 6.07) is 1.67. The molecule has 0 saturated heterocycles. The molecule has 102 valence electrons. The fourth-order valence-corrected chi connectivity index (χ4v) is 2.11. The third-order valence-electron chi connectivity index (χ3n) is 2.23. The SMILES string of the molecule is COCCn1c(SCC(=O)O)nnc1-c1ccon1. The third-order valence-corrected chi connectivity index (χ3v) is 3.18. The number of rotatable bonds is 7. The second kappa shape index (κ2) is 6.34. The first-order chi connectivity index (χ1) is 9.22. The van der Waals surface area contributed by atoms with Gasteiger partial charge in [0.05, 0.1) is 18.9 Å². The summed E-state index contributed by atoms with van der Waals surface area (Å²) in [5.41, 5.74) is 0.547. The minimum Gasteiger partial charge on any atom is -0.481 e. The molecule has 0 radical (unpaired) electrons. The first-order valence-corrected chi connectivity index (χ1v) is 6.38. The fourth-order valence-electron chi connectivity index (χ4n) is 1.42. The van der Waals surface area contributed by atoms with Crippen LogP contribution in [0.5, 0.6) is 0 Å². The zero-order chi connectivity index (χ0) is 13.7. The van der Waals surface area contributed by atoms with E-state index in [-0.39, 0.29) is 5.75 Å². The highest BCUT2D eigenvalue weighted by Crippen LogP contribution is 2.22. The Morgan fingerprint density at radius 1 is 1.58 bits per heavy atom. The van der Waals surface area contributed by atoms with Crippen LogP contribution in [-0.4, -0.2) is 50.5 Å². The van der Waals surface area contributed by atoms with Gasteiger partial charge in [-0.2, -0.15) is 0 Å². The number of aromatic nitrogens is 4. The number of hydrogen-bond donors (Lipinski definition) is 1. The quantitative estimate of drug-likeness (QED) is 0.743. The summed E-state index contributed by atoms with van der Waals surface area (Å²) in [7, 11) is 1.59. The van der Waals surface area contributed by atoms with Gasteiger partial charge >= 0.3 is 5.97 Å². The van der Waals surface area contributed by atoms with Gasteiger partial charge < -0.3 is 14.4 Å². The van der Waals surface area contributed by atoms with Crippen LogP contribution in [0.2, 0.25) is 0 Å². The van der Waals surface area contributed by atoms with E-state index in [1.54, 1.807) is 17.7 Å². The Morgan fingerprint density at radius 2 is 2.42 bits per heavy atom. The lowest BCUT2D eigenvalue weighted by molar-refractivity contribution is -0.133. The maximum Gasteiger partial charge on any atom is 0.313 e. The zero-order valence-corrected chi connectivity index (χ0v) is 11.0. The molecule has 0 amide bonds. The van der Waals surface area contributed by atoms with Crippen molar-refractivity contribution < 1.29 is 19.2 Å². The first-order valence-electron chi connectivity index (χ1n) is 5.40. The molecule has 2 heterocycles. The van der Waals surface area contributed by atoms with E-state index >= 15 is 0 Å². The lowest BCUT2D eigenvalue weighted by Gasteiger charge is -2.07. The van der Waals surface area contributed by atoms with E-state index in [4.69, 9.17) is 14.4 Å². The molecule has 2 rings (SSSR count). The van der Waals surface area contributed by atoms with Gasteiger partial charge in [-0.05, 0) is 0 Å². The highest BCUT2D eigenvalue weighted by Gasteiger charge is 2.16. The van der Waals surface area contributed by atoms with Crippen LogP contribution < -0.4 is 0 Å². The Labute approximate surface area is 112 Å². The Balaban J connectivity index is 2.25. The van der Waals surface area contributed by atoms with Crippen molar-refractivity contribution in [1.82, 2.24) is 19.9 Å². The van der Waals surface area contributed by atoms with Crippen molar-refractivity contribution in [2.75, 3.05) is 19.5 Å². The summed E-state index contributed by atoms with van der Waals surface area (Å²) >= 11 is 1.10. The molecule has 0 aromatic carbocycles. The minimum absolute atomic E-state index is 0.0794. The largest absolute Gasteiger partial charge is 0.481 e. The number of carbonyl (C=O) groups is 1. The molecular formula is C10H12N4O4S. The van der Waals surface area contributed by atoms with E-state index in [9.17, 15) is 4.79 Å². The van der Waals surface area contributed by atoms with Crippen molar-refractivity contribution in [2.45, 2.75) is 11.7 Å². The number of carboxylic acid groups (broad SMARTS) is 1. The molecule has 0 spiro atoms.